The van der Waals surface area contributed by atoms with Crippen LogP contribution in [-0.4, -0.2) is 12.5 Å². The van der Waals surface area contributed by atoms with Gasteiger partial charge in [0.2, 0.25) is 0 Å². The van der Waals surface area contributed by atoms with Crippen molar-refractivity contribution in [2.24, 2.45) is 0 Å². The molecule has 0 aliphatic carbocycles. The molecule has 3 nitrogen and oxygen atoms in total. The summed E-state index contributed by atoms with van der Waals surface area (Å²) in [6.07, 6.45) is 0.955. The van der Waals surface area contributed by atoms with Crippen LogP contribution in [0.15, 0.2) is 42.5 Å². The number of carbonyl (C=O) groups is 1. The van der Waals surface area contributed by atoms with Crippen LogP contribution in [-0.2, 0) is 0 Å². The van der Waals surface area contributed by atoms with E-state index in [1.54, 1.807) is 30.3 Å². The van der Waals surface area contributed by atoms with Gasteiger partial charge in [-0.15, -0.1) is 0 Å². The predicted molar refractivity (Wildman–Crippen MR) is 86.4 cm³/mol. The van der Waals surface area contributed by atoms with Gasteiger partial charge in [-0.05, 0) is 55.3 Å². The van der Waals surface area contributed by atoms with Gasteiger partial charge in [-0.1, -0.05) is 24.6 Å². The van der Waals surface area contributed by atoms with Gasteiger partial charge in [0, 0.05) is 16.3 Å². The second-order valence-corrected chi connectivity index (χ2v) is 5.20. The molecule has 0 saturated carbocycles. The van der Waals surface area contributed by atoms with Crippen LogP contribution in [0.25, 0.3) is 0 Å². The molecular weight excluding hydrogens is 286 g/mol. The van der Waals surface area contributed by atoms with Crippen LogP contribution < -0.4 is 10.1 Å². The number of aryl methyl sites for hydroxylation is 1. The highest BCUT2D eigenvalue weighted by Gasteiger charge is 2.07. The molecule has 0 bridgehead atoms. The Balaban J connectivity index is 2.04. The molecule has 0 unspecified atom stereocenters. The topological polar surface area (TPSA) is 38.3 Å². The third-order valence-corrected chi connectivity index (χ3v) is 3.43. The van der Waals surface area contributed by atoms with E-state index in [2.05, 4.69) is 12.2 Å². The van der Waals surface area contributed by atoms with Crippen LogP contribution in [0.3, 0.4) is 0 Å². The van der Waals surface area contributed by atoms with Gasteiger partial charge in [-0.25, -0.2) is 0 Å². The molecule has 2 rings (SSSR count). The lowest BCUT2D eigenvalue weighted by atomic mass is 10.2. The summed E-state index contributed by atoms with van der Waals surface area (Å²) in [6.45, 7) is 4.64. The number of benzene rings is 2. The highest BCUT2D eigenvalue weighted by atomic mass is 35.5. The third kappa shape index (κ3) is 4.23. The molecule has 1 N–H and O–H groups in total. The van der Waals surface area contributed by atoms with E-state index >= 15 is 0 Å². The summed E-state index contributed by atoms with van der Waals surface area (Å²) >= 11 is 6.04. The van der Waals surface area contributed by atoms with Gasteiger partial charge in [0.15, 0.2) is 0 Å². The van der Waals surface area contributed by atoms with Gasteiger partial charge < -0.3 is 10.1 Å². The average molecular weight is 304 g/mol. The van der Waals surface area contributed by atoms with Gasteiger partial charge in [0.25, 0.3) is 5.91 Å². The van der Waals surface area contributed by atoms with Gasteiger partial charge in [-0.2, -0.15) is 0 Å². The molecule has 0 spiro atoms. The van der Waals surface area contributed by atoms with Crippen molar-refractivity contribution in [1.29, 1.82) is 0 Å². The van der Waals surface area contributed by atoms with Crippen LogP contribution in [0, 0.1) is 6.92 Å². The van der Waals surface area contributed by atoms with Crippen molar-refractivity contribution in [2.75, 3.05) is 11.9 Å². The number of hydrogen-bond acceptors (Lipinski definition) is 2. The minimum Gasteiger partial charge on any atom is -0.494 e. The van der Waals surface area contributed by atoms with Crippen molar-refractivity contribution in [3.05, 3.63) is 58.6 Å². The number of ether oxygens (including phenoxy) is 1. The average Bonchev–Trinajstić information content (AvgIpc) is 2.49. The second-order valence-electron chi connectivity index (χ2n) is 4.79. The van der Waals surface area contributed by atoms with Gasteiger partial charge in [0.1, 0.15) is 5.75 Å². The maximum Gasteiger partial charge on any atom is 0.255 e. The van der Waals surface area contributed by atoms with Gasteiger partial charge in [-0.3, -0.25) is 4.79 Å². The first-order valence-electron chi connectivity index (χ1n) is 6.90. The molecule has 0 atom stereocenters. The summed E-state index contributed by atoms with van der Waals surface area (Å²) in [4.78, 5) is 12.1. The Morgan fingerprint density at radius 3 is 2.52 bits per heavy atom. The number of anilines is 1. The Bertz CT molecular complexity index is 623. The molecule has 2 aromatic carbocycles. The fraction of sp³-hybridized carbons (Fsp3) is 0.235. The zero-order chi connectivity index (χ0) is 15.2. The van der Waals surface area contributed by atoms with Crippen LogP contribution in [0.4, 0.5) is 5.69 Å². The summed E-state index contributed by atoms with van der Waals surface area (Å²) in [5.41, 5.74) is 2.24. The smallest absolute Gasteiger partial charge is 0.255 e. The second kappa shape index (κ2) is 7.14. The highest BCUT2D eigenvalue weighted by Crippen LogP contribution is 2.21. The Kier molecular flexibility index (Phi) is 5.23. The van der Waals surface area contributed by atoms with E-state index in [0.717, 1.165) is 17.7 Å². The molecule has 110 valence electrons. The van der Waals surface area contributed by atoms with E-state index in [0.29, 0.717) is 22.9 Å². The first kappa shape index (κ1) is 15.4. The van der Waals surface area contributed by atoms with Gasteiger partial charge >= 0.3 is 0 Å². The molecule has 0 saturated heterocycles. The quantitative estimate of drug-likeness (QED) is 0.870. The fourth-order valence-corrected chi connectivity index (χ4v) is 1.98. The summed E-state index contributed by atoms with van der Waals surface area (Å²) in [6, 6.07) is 12.5. The van der Waals surface area contributed by atoms with Crippen molar-refractivity contribution in [3.63, 3.8) is 0 Å². The molecule has 2 aromatic rings. The van der Waals surface area contributed by atoms with Crippen molar-refractivity contribution in [2.45, 2.75) is 20.3 Å². The molecule has 0 radical (unpaired) electrons. The summed E-state index contributed by atoms with van der Waals surface area (Å²) in [5.74, 6) is 0.601. The number of halogens is 1. The zero-order valence-electron chi connectivity index (χ0n) is 12.2. The van der Waals surface area contributed by atoms with Crippen molar-refractivity contribution < 1.29 is 9.53 Å². The Morgan fingerprint density at radius 1 is 1.19 bits per heavy atom. The number of hydrogen-bond donors (Lipinski definition) is 1. The number of carbonyl (C=O) groups excluding carboxylic acids is 1. The first-order chi connectivity index (χ1) is 10.1. The van der Waals surface area contributed by atoms with Crippen molar-refractivity contribution in [3.8, 4) is 5.75 Å². The predicted octanol–water partition coefficient (Wildman–Crippen LogP) is 4.69. The molecule has 0 aliphatic rings. The van der Waals surface area contributed by atoms with E-state index in [9.17, 15) is 4.79 Å². The number of nitrogens with one attached hydrogen (secondary N) is 1. The van der Waals surface area contributed by atoms with Crippen LogP contribution in [0.5, 0.6) is 5.75 Å². The minimum absolute atomic E-state index is 0.169. The summed E-state index contributed by atoms with van der Waals surface area (Å²) in [7, 11) is 0. The lowest BCUT2D eigenvalue weighted by Gasteiger charge is -2.08. The van der Waals surface area contributed by atoms with Crippen LogP contribution in [0.1, 0.15) is 29.3 Å². The normalized spacial score (nSPS) is 10.2. The molecular formula is C17H18ClNO2. The van der Waals surface area contributed by atoms with E-state index in [4.69, 9.17) is 16.3 Å². The Morgan fingerprint density at radius 2 is 1.90 bits per heavy atom. The maximum absolute atomic E-state index is 12.1. The fourth-order valence-electron chi connectivity index (χ4n) is 1.80. The number of amides is 1. The molecule has 0 fully saturated rings. The van der Waals surface area contributed by atoms with Gasteiger partial charge in [0.05, 0.1) is 6.61 Å². The number of rotatable bonds is 5. The lowest BCUT2D eigenvalue weighted by Crippen LogP contribution is -2.11. The van der Waals surface area contributed by atoms with Crippen LogP contribution >= 0.6 is 11.6 Å². The molecule has 0 aromatic heterocycles. The molecule has 0 aliphatic heterocycles. The summed E-state index contributed by atoms with van der Waals surface area (Å²) in [5, 5.41) is 3.46. The lowest BCUT2D eigenvalue weighted by molar-refractivity contribution is 0.102. The molecule has 0 heterocycles. The third-order valence-electron chi connectivity index (χ3n) is 3.02. The Hall–Kier alpha value is -2.00. The highest BCUT2D eigenvalue weighted by molar-refractivity contribution is 6.31. The minimum atomic E-state index is -0.169. The standard InChI is InChI=1S/C17H18ClNO2/c1-3-10-21-15-8-5-13(6-9-15)17(20)19-14-7-4-12(2)16(18)11-14/h4-9,11H,3,10H2,1-2H3,(H,19,20). The summed E-state index contributed by atoms with van der Waals surface area (Å²) < 4.78 is 5.49. The van der Waals surface area contributed by atoms with Crippen molar-refractivity contribution in [1.82, 2.24) is 0 Å². The van der Waals surface area contributed by atoms with E-state index in [1.807, 2.05) is 19.1 Å². The van der Waals surface area contributed by atoms with Crippen molar-refractivity contribution >= 4 is 23.2 Å². The largest absolute Gasteiger partial charge is 0.494 e. The Labute approximate surface area is 129 Å². The SMILES string of the molecule is CCCOc1ccc(C(=O)Nc2ccc(C)c(Cl)c2)cc1. The molecule has 21 heavy (non-hydrogen) atoms. The van der Waals surface area contributed by atoms with Crippen LogP contribution in [0.2, 0.25) is 5.02 Å². The van der Waals surface area contributed by atoms with E-state index in [1.165, 1.54) is 0 Å². The monoisotopic (exact) mass is 303 g/mol. The molecule has 1 amide bonds. The van der Waals surface area contributed by atoms with E-state index < -0.39 is 0 Å². The maximum atomic E-state index is 12.1. The van der Waals surface area contributed by atoms with E-state index in [-0.39, 0.29) is 5.91 Å². The first-order valence-corrected chi connectivity index (χ1v) is 7.28. The molecule has 4 heteroatoms. The zero-order valence-corrected chi connectivity index (χ0v) is 12.9.